The molecule has 1 aliphatic rings. The molecule has 0 amide bonds. The molecule has 2 heterocycles. The Labute approximate surface area is 154 Å². The topological polar surface area (TPSA) is 37.7 Å². The van der Waals surface area contributed by atoms with Gasteiger partial charge in [0.15, 0.2) is 0 Å². The number of aliphatic imine (C=N–C) groups is 1. The van der Waals surface area contributed by atoms with Crippen LogP contribution in [0.15, 0.2) is 35.5 Å². The SMILES string of the molecule is CCN1c2cc(F)c(C=Nc3ccc(OC)nc3)cc2C(C)CC1(C)C. The number of aromatic nitrogens is 1. The Morgan fingerprint density at radius 1 is 1.38 bits per heavy atom. The molecule has 0 radical (unpaired) electrons. The van der Waals surface area contributed by atoms with Gasteiger partial charge in [-0.2, -0.15) is 0 Å². The van der Waals surface area contributed by atoms with Crippen LogP contribution in [0.3, 0.4) is 0 Å². The largest absolute Gasteiger partial charge is 0.481 e. The van der Waals surface area contributed by atoms with E-state index in [1.807, 2.05) is 6.07 Å². The van der Waals surface area contributed by atoms with Crippen LogP contribution in [0.2, 0.25) is 0 Å². The predicted octanol–water partition coefficient (Wildman–Crippen LogP) is 5.09. The van der Waals surface area contributed by atoms with Crippen molar-refractivity contribution in [2.75, 3.05) is 18.6 Å². The highest BCUT2D eigenvalue weighted by Gasteiger charge is 2.36. The van der Waals surface area contributed by atoms with Crippen LogP contribution in [0, 0.1) is 5.82 Å². The summed E-state index contributed by atoms with van der Waals surface area (Å²) in [6.45, 7) is 9.63. The third kappa shape index (κ3) is 3.43. The number of ether oxygens (including phenoxy) is 1. The first-order valence-corrected chi connectivity index (χ1v) is 9.01. The minimum atomic E-state index is -0.252. The van der Waals surface area contributed by atoms with Gasteiger partial charge in [-0.05, 0) is 56.9 Å². The maximum atomic E-state index is 14.7. The summed E-state index contributed by atoms with van der Waals surface area (Å²) >= 11 is 0. The first kappa shape index (κ1) is 18.4. The summed E-state index contributed by atoms with van der Waals surface area (Å²) in [4.78, 5) is 10.8. The van der Waals surface area contributed by atoms with Gasteiger partial charge in [0, 0.05) is 35.6 Å². The number of anilines is 1. The molecule has 0 saturated heterocycles. The number of halogens is 1. The van der Waals surface area contributed by atoms with Crippen LogP contribution in [0.5, 0.6) is 5.88 Å². The Morgan fingerprint density at radius 3 is 2.77 bits per heavy atom. The Hall–Kier alpha value is -2.43. The van der Waals surface area contributed by atoms with Gasteiger partial charge < -0.3 is 9.64 Å². The van der Waals surface area contributed by atoms with E-state index in [4.69, 9.17) is 4.74 Å². The molecule has 0 N–H and O–H groups in total. The quantitative estimate of drug-likeness (QED) is 0.717. The average Bonchev–Trinajstić information content (AvgIpc) is 2.60. The van der Waals surface area contributed by atoms with Crippen LogP contribution in [0.1, 0.15) is 51.2 Å². The minimum absolute atomic E-state index is 0.0258. The zero-order chi connectivity index (χ0) is 18.9. The number of fused-ring (bicyclic) bond motifs is 1. The lowest BCUT2D eigenvalue weighted by Crippen LogP contribution is -2.48. The van der Waals surface area contributed by atoms with E-state index in [0.29, 0.717) is 23.0 Å². The lowest BCUT2D eigenvalue weighted by atomic mass is 9.79. The average molecular weight is 355 g/mol. The lowest BCUT2D eigenvalue weighted by molar-refractivity contribution is 0.380. The molecule has 1 atom stereocenters. The van der Waals surface area contributed by atoms with Gasteiger partial charge >= 0.3 is 0 Å². The normalized spacial score (nSPS) is 18.8. The van der Waals surface area contributed by atoms with Gasteiger partial charge in [-0.3, -0.25) is 4.99 Å². The summed E-state index contributed by atoms with van der Waals surface area (Å²) in [5, 5.41) is 0. The standard InChI is InChI=1S/C21H26FN3O/c1-6-25-19-10-18(22)15(9-17(19)14(2)11-21(25,3)4)12-23-16-7-8-20(26-5)24-13-16/h7-10,12-14H,6,11H2,1-5H3. The molecule has 2 aromatic rings. The van der Waals surface area contributed by atoms with Crippen molar-refractivity contribution in [3.05, 3.63) is 47.4 Å². The predicted molar refractivity (Wildman–Crippen MR) is 105 cm³/mol. The van der Waals surface area contributed by atoms with Crippen molar-refractivity contribution in [2.24, 2.45) is 4.99 Å². The van der Waals surface area contributed by atoms with Crippen LogP contribution in [0.4, 0.5) is 15.8 Å². The number of pyridine rings is 1. The fourth-order valence-electron chi connectivity index (χ4n) is 3.93. The van der Waals surface area contributed by atoms with Gasteiger partial charge in [0.2, 0.25) is 5.88 Å². The summed E-state index contributed by atoms with van der Waals surface area (Å²) in [7, 11) is 1.57. The molecular weight excluding hydrogens is 329 g/mol. The highest BCUT2D eigenvalue weighted by Crippen LogP contribution is 2.43. The van der Waals surface area contributed by atoms with Crippen LogP contribution in [0.25, 0.3) is 0 Å². The molecule has 1 unspecified atom stereocenters. The Kier molecular flexibility index (Phi) is 4.99. The number of nitrogens with zero attached hydrogens (tertiary/aromatic N) is 3. The van der Waals surface area contributed by atoms with E-state index in [0.717, 1.165) is 18.7 Å². The van der Waals surface area contributed by atoms with Gasteiger partial charge in [0.25, 0.3) is 0 Å². The second-order valence-electron chi connectivity index (χ2n) is 7.41. The zero-order valence-electron chi connectivity index (χ0n) is 16.1. The van der Waals surface area contributed by atoms with E-state index in [1.54, 1.807) is 37.7 Å². The van der Waals surface area contributed by atoms with Crippen LogP contribution >= 0.6 is 0 Å². The Balaban J connectivity index is 1.95. The molecule has 1 aliphatic heterocycles. The van der Waals surface area contributed by atoms with Crippen molar-refractivity contribution in [1.82, 2.24) is 4.98 Å². The molecule has 1 aromatic carbocycles. The van der Waals surface area contributed by atoms with E-state index in [2.05, 4.69) is 42.6 Å². The van der Waals surface area contributed by atoms with E-state index in [9.17, 15) is 4.39 Å². The summed E-state index contributed by atoms with van der Waals surface area (Å²) < 4.78 is 19.8. The molecule has 0 bridgehead atoms. The first-order chi connectivity index (χ1) is 12.4. The molecule has 3 rings (SSSR count). The summed E-state index contributed by atoms with van der Waals surface area (Å²) in [6, 6.07) is 7.12. The lowest BCUT2D eigenvalue weighted by Gasteiger charge is -2.47. The van der Waals surface area contributed by atoms with Gasteiger partial charge in [-0.1, -0.05) is 6.92 Å². The number of benzene rings is 1. The van der Waals surface area contributed by atoms with Crippen molar-refractivity contribution in [2.45, 2.75) is 45.6 Å². The molecular formula is C21H26FN3O. The third-order valence-corrected chi connectivity index (χ3v) is 5.10. The van der Waals surface area contributed by atoms with Gasteiger partial charge in [0.05, 0.1) is 19.0 Å². The molecule has 1 aromatic heterocycles. The van der Waals surface area contributed by atoms with E-state index < -0.39 is 0 Å². The number of hydrogen-bond acceptors (Lipinski definition) is 4. The first-order valence-electron chi connectivity index (χ1n) is 9.01. The molecule has 0 spiro atoms. The van der Waals surface area contributed by atoms with Gasteiger partial charge in [-0.25, -0.2) is 9.37 Å². The van der Waals surface area contributed by atoms with Crippen molar-refractivity contribution in [3.63, 3.8) is 0 Å². The fourth-order valence-corrected chi connectivity index (χ4v) is 3.93. The molecule has 0 aliphatic carbocycles. The number of hydrogen-bond donors (Lipinski definition) is 0. The summed E-state index contributed by atoms with van der Waals surface area (Å²) in [5.74, 6) is 0.649. The number of rotatable bonds is 4. The monoisotopic (exact) mass is 355 g/mol. The van der Waals surface area contributed by atoms with Gasteiger partial charge in [-0.15, -0.1) is 0 Å². The van der Waals surface area contributed by atoms with Crippen molar-refractivity contribution < 1.29 is 9.13 Å². The maximum Gasteiger partial charge on any atom is 0.213 e. The molecule has 0 fully saturated rings. The van der Waals surface area contributed by atoms with Crippen molar-refractivity contribution in [1.29, 1.82) is 0 Å². The van der Waals surface area contributed by atoms with Crippen LogP contribution in [-0.2, 0) is 0 Å². The second-order valence-corrected chi connectivity index (χ2v) is 7.41. The molecule has 4 nitrogen and oxygen atoms in total. The Bertz CT molecular complexity index is 815. The van der Waals surface area contributed by atoms with E-state index >= 15 is 0 Å². The van der Waals surface area contributed by atoms with Crippen LogP contribution < -0.4 is 9.64 Å². The smallest absolute Gasteiger partial charge is 0.213 e. The Morgan fingerprint density at radius 2 is 2.15 bits per heavy atom. The van der Waals surface area contributed by atoms with Gasteiger partial charge in [0.1, 0.15) is 5.82 Å². The van der Waals surface area contributed by atoms with E-state index in [1.165, 1.54) is 5.56 Å². The highest BCUT2D eigenvalue weighted by atomic mass is 19.1. The molecule has 5 heteroatoms. The van der Waals surface area contributed by atoms with Crippen LogP contribution in [-0.4, -0.2) is 30.4 Å². The maximum absolute atomic E-state index is 14.7. The highest BCUT2D eigenvalue weighted by molar-refractivity contribution is 5.84. The van der Waals surface area contributed by atoms with E-state index in [-0.39, 0.29) is 11.4 Å². The molecule has 26 heavy (non-hydrogen) atoms. The number of methoxy groups -OCH3 is 1. The fraction of sp³-hybridized carbons (Fsp3) is 0.429. The summed E-state index contributed by atoms with van der Waals surface area (Å²) in [5.41, 5.74) is 3.37. The molecule has 0 saturated carbocycles. The second kappa shape index (κ2) is 7.06. The van der Waals surface area contributed by atoms with Crippen molar-refractivity contribution >= 4 is 17.6 Å². The minimum Gasteiger partial charge on any atom is -0.481 e. The zero-order valence-corrected chi connectivity index (χ0v) is 16.1. The molecule has 138 valence electrons. The third-order valence-electron chi connectivity index (χ3n) is 5.10. The van der Waals surface area contributed by atoms with Crippen molar-refractivity contribution in [3.8, 4) is 5.88 Å². The summed E-state index contributed by atoms with van der Waals surface area (Å²) in [6.07, 6.45) is 4.22.